The number of hydrogen-bond acceptors (Lipinski definition) is 5. The molecule has 1 atom stereocenters. The predicted octanol–water partition coefficient (Wildman–Crippen LogP) is 2.80. The van der Waals surface area contributed by atoms with Crippen molar-refractivity contribution in [3.63, 3.8) is 0 Å². The van der Waals surface area contributed by atoms with Crippen LogP contribution in [-0.4, -0.2) is 52.7 Å². The zero-order chi connectivity index (χ0) is 20.9. The van der Waals surface area contributed by atoms with Gasteiger partial charge in [0, 0.05) is 0 Å². The van der Waals surface area contributed by atoms with Gasteiger partial charge in [0.25, 0.3) is 11.8 Å². The van der Waals surface area contributed by atoms with E-state index in [2.05, 4.69) is 5.32 Å². The molecule has 1 unspecified atom stereocenters. The first-order valence-corrected chi connectivity index (χ1v) is 9.02. The number of alkyl carbamates (subject to hydrolysis) is 1. The molecule has 1 aliphatic rings. The minimum Gasteiger partial charge on any atom is -0.444 e. The normalized spacial score (nSPS) is 15.5. The maximum absolute atomic E-state index is 14.2. The highest BCUT2D eigenvalue weighted by Crippen LogP contribution is 2.23. The first kappa shape index (κ1) is 21.6. The summed E-state index contributed by atoms with van der Waals surface area (Å²) in [6.07, 6.45) is 1.05. The molecule has 0 spiro atoms. The summed E-state index contributed by atoms with van der Waals surface area (Å²) in [5, 5.41) is 11.9. The van der Waals surface area contributed by atoms with E-state index >= 15 is 0 Å². The molecule has 2 rings (SSSR count). The van der Waals surface area contributed by atoms with E-state index in [1.165, 1.54) is 18.2 Å². The van der Waals surface area contributed by atoms with Crippen LogP contribution in [0.3, 0.4) is 0 Å². The van der Waals surface area contributed by atoms with Gasteiger partial charge in [-0.05, 0) is 45.7 Å². The van der Waals surface area contributed by atoms with Crippen molar-refractivity contribution in [1.29, 1.82) is 0 Å². The molecule has 152 valence electrons. The highest BCUT2D eigenvalue weighted by molar-refractivity contribution is 6.21. The van der Waals surface area contributed by atoms with Crippen LogP contribution in [0.4, 0.5) is 9.18 Å². The van der Waals surface area contributed by atoms with E-state index in [1.807, 2.05) is 0 Å². The molecule has 8 heteroatoms. The molecule has 28 heavy (non-hydrogen) atoms. The summed E-state index contributed by atoms with van der Waals surface area (Å²) in [7, 11) is 0. The fourth-order valence-electron chi connectivity index (χ4n) is 2.72. The molecule has 1 aromatic rings. The lowest BCUT2D eigenvalue weighted by molar-refractivity contribution is 0.0478. The molecule has 2 N–H and O–H groups in total. The van der Waals surface area contributed by atoms with Crippen LogP contribution in [-0.2, 0) is 4.74 Å². The molecule has 1 aliphatic heterocycles. The number of amides is 3. The molecule has 3 amide bonds. The molecule has 0 aromatic heterocycles. The number of imide groups is 1. The molecule has 0 bridgehead atoms. The maximum Gasteiger partial charge on any atom is 0.407 e. The summed E-state index contributed by atoms with van der Waals surface area (Å²) in [4.78, 5) is 37.0. The van der Waals surface area contributed by atoms with Gasteiger partial charge in [-0.2, -0.15) is 0 Å². The Bertz CT molecular complexity index is 750. The number of benzene rings is 1. The number of allylic oxidation sites excluding steroid dienone is 1. The van der Waals surface area contributed by atoms with E-state index in [0.29, 0.717) is 0 Å². The average Bonchev–Trinajstić information content (AvgIpc) is 2.84. The van der Waals surface area contributed by atoms with Gasteiger partial charge in [0.15, 0.2) is 0 Å². The minimum atomic E-state index is -0.665. The van der Waals surface area contributed by atoms with Crippen molar-refractivity contribution in [2.24, 2.45) is 0 Å². The molecule has 0 saturated carbocycles. The van der Waals surface area contributed by atoms with Gasteiger partial charge in [-0.25, -0.2) is 9.18 Å². The number of aliphatic hydroxyl groups excluding tert-OH is 1. The minimum absolute atomic E-state index is 0.204. The second kappa shape index (κ2) is 8.97. The Labute approximate surface area is 163 Å². The number of aliphatic hydroxyl groups is 1. The fourth-order valence-corrected chi connectivity index (χ4v) is 2.72. The van der Waals surface area contributed by atoms with Crippen molar-refractivity contribution >= 4 is 17.9 Å². The Morgan fingerprint density at radius 3 is 2.32 bits per heavy atom. The largest absolute Gasteiger partial charge is 0.444 e. The zero-order valence-corrected chi connectivity index (χ0v) is 16.2. The Hall–Kier alpha value is -2.74. The molecule has 0 radical (unpaired) electrons. The average molecular weight is 392 g/mol. The van der Waals surface area contributed by atoms with Crippen LogP contribution in [0.25, 0.3) is 0 Å². The van der Waals surface area contributed by atoms with Gasteiger partial charge >= 0.3 is 6.09 Å². The van der Waals surface area contributed by atoms with Gasteiger partial charge in [0.05, 0.1) is 30.3 Å². The quantitative estimate of drug-likeness (QED) is 0.696. The molecule has 0 fully saturated rings. The number of nitrogens with one attached hydrogen (secondary N) is 1. The third-order valence-electron chi connectivity index (χ3n) is 4.01. The predicted molar refractivity (Wildman–Crippen MR) is 100 cm³/mol. The van der Waals surface area contributed by atoms with E-state index in [0.717, 1.165) is 4.90 Å². The van der Waals surface area contributed by atoms with E-state index in [4.69, 9.17) is 4.74 Å². The van der Waals surface area contributed by atoms with Crippen molar-refractivity contribution in [2.45, 2.75) is 45.3 Å². The Kier molecular flexibility index (Phi) is 6.90. The molecule has 7 nitrogen and oxygen atoms in total. The van der Waals surface area contributed by atoms with Crippen LogP contribution in [0.2, 0.25) is 0 Å². The van der Waals surface area contributed by atoms with Gasteiger partial charge in [-0.15, -0.1) is 0 Å². The van der Waals surface area contributed by atoms with Crippen LogP contribution in [0.15, 0.2) is 36.2 Å². The summed E-state index contributed by atoms with van der Waals surface area (Å²) >= 11 is 0. The molecule has 0 saturated heterocycles. The first-order chi connectivity index (χ1) is 13.1. The third kappa shape index (κ3) is 5.63. The summed E-state index contributed by atoms with van der Waals surface area (Å²) in [6.45, 7) is 4.39. The lowest BCUT2D eigenvalue weighted by atomic mass is 10.1. The first-order valence-electron chi connectivity index (χ1n) is 9.02. The van der Waals surface area contributed by atoms with Gasteiger partial charge < -0.3 is 15.2 Å². The van der Waals surface area contributed by atoms with Crippen LogP contribution >= 0.6 is 0 Å². The standard InChI is InChI=1S/C20H25FN2O5/c1-20(2,3)28-19(27)22-14(12-24)8-6-7-13(21)11-23-17(25)15-9-4-5-10-16(15)18(23)26/h4-5,7,9-10,14,24H,6,8,11-12H2,1-3H3,(H,22,27)/b13-7-. The number of carbonyl (C=O) groups excluding carboxylic acids is 3. The fraction of sp³-hybridized carbons (Fsp3) is 0.450. The lowest BCUT2D eigenvalue weighted by Gasteiger charge is -2.22. The number of hydrogen-bond donors (Lipinski definition) is 2. The summed E-state index contributed by atoms with van der Waals surface area (Å²) in [6, 6.07) is 5.76. The number of ether oxygens (including phenoxy) is 1. The second-order valence-corrected chi connectivity index (χ2v) is 7.50. The van der Waals surface area contributed by atoms with E-state index in [-0.39, 0.29) is 30.6 Å². The van der Waals surface area contributed by atoms with Crippen LogP contribution in [0.5, 0.6) is 0 Å². The molecule has 1 heterocycles. The molecule has 1 aromatic carbocycles. The topological polar surface area (TPSA) is 95.9 Å². The maximum atomic E-state index is 14.2. The second-order valence-electron chi connectivity index (χ2n) is 7.50. The highest BCUT2D eigenvalue weighted by Gasteiger charge is 2.35. The number of fused-ring (bicyclic) bond motifs is 1. The summed E-state index contributed by atoms with van der Waals surface area (Å²) in [5.41, 5.74) is -0.132. The molecular weight excluding hydrogens is 367 g/mol. The van der Waals surface area contributed by atoms with Crippen LogP contribution in [0.1, 0.15) is 54.3 Å². The lowest BCUT2D eigenvalue weighted by Crippen LogP contribution is -2.40. The number of carbonyl (C=O) groups is 3. The Balaban J connectivity index is 1.86. The van der Waals surface area contributed by atoms with E-state index in [9.17, 15) is 23.9 Å². The van der Waals surface area contributed by atoms with E-state index < -0.39 is 41.9 Å². The summed E-state index contributed by atoms with van der Waals surface area (Å²) < 4.78 is 19.3. The number of rotatable bonds is 7. The monoisotopic (exact) mass is 392 g/mol. The zero-order valence-electron chi connectivity index (χ0n) is 16.2. The number of halogens is 1. The van der Waals surface area contributed by atoms with Crippen molar-refractivity contribution in [1.82, 2.24) is 10.2 Å². The molecule has 0 aliphatic carbocycles. The summed E-state index contributed by atoms with van der Waals surface area (Å²) in [5.74, 6) is -1.68. The van der Waals surface area contributed by atoms with Crippen molar-refractivity contribution in [3.05, 3.63) is 47.3 Å². The van der Waals surface area contributed by atoms with Crippen LogP contribution in [0, 0.1) is 0 Å². The van der Waals surface area contributed by atoms with Gasteiger partial charge in [-0.1, -0.05) is 18.2 Å². The SMILES string of the molecule is CC(C)(C)OC(=O)NC(CO)CC/C=C(\F)CN1C(=O)c2ccccc2C1=O. The smallest absolute Gasteiger partial charge is 0.407 e. The number of nitrogens with zero attached hydrogens (tertiary/aromatic N) is 1. The third-order valence-corrected chi connectivity index (χ3v) is 4.01. The van der Waals surface area contributed by atoms with Crippen molar-refractivity contribution < 1.29 is 28.6 Å². The van der Waals surface area contributed by atoms with E-state index in [1.54, 1.807) is 32.9 Å². The Morgan fingerprint density at radius 2 is 1.82 bits per heavy atom. The van der Waals surface area contributed by atoms with Crippen molar-refractivity contribution in [2.75, 3.05) is 13.2 Å². The van der Waals surface area contributed by atoms with Gasteiger partial charge in [-0.3, -0.25) is 14.5 Å². The van der Waals surface area contributed by atoms with Gasteiger partial charge in [0.2, 0.25) is 0 Å². The highest BCUT2D eigenvalue weighted by atomic mass is 19.1. The molecular formula is C20H25FN2O5. The van der Waals surface area contributed by atoms with Crippen LogP contribution < -0.4 is 5.32 Å². The van der Waals surface area contributed by atoms with Gasteiger partial charge in [0.1, 0.15) is 11.4 Å². The Morgan fingerprint density at radius 1 is 1.25 bits per heavy atom. The van der Waals surface area contributed by atoms with Crippen molar-refractivity contribution in [3.8, 4) is 0 Å².